The van der Waals surface area contributed by atoms with Crippen LogP contribution in [-0.2, 0) is 35.7 Å². The average Bonchev–Trinajstić information content (AvgIpc) is 3.31. The molecule has 2 amide bonds. The van der Waals surface area contributed by atoms with Crippen LogP contribution in [-0.4, -0.2) is 92.2 Å². The monoisotopic (exact) mass is 914 g/mol. The second kappa shape index (κ2) is 21.9. The van der Waals surface area contributed by atoms with Gasteiger partial charge >= 0.3 is 6.09 Å². The number of oxime groups is 1. The van der Waals surface area contributed by atoms with Crippen molar-refractivity contribution in [3.63, 3.8) is 0 Å². The number of sulfonamides is 1. The number of nitrogens with zero attached hydrogens (tertiary/aromatic N) is 2. The number of aliphatic hydroxyl groups excluding tert-OH is 2. The number of rotatable bonds is 20. The van der Waals surface area contributed by atoms with Crippen LogP contribution < -0.4 is 20.1 Å². The lowest BCUT2D eigenvalue weighted by Gasteiger charge is -2.59. The normalized spacial score (nSPS) is 25.4. The first kappa shape index (κ1) is 47.9. The second-order valence-corrected chi connectivity index (χ2v) is 19.1. The third-order valence-electron chi connectivity index (χ3n) is 12.8. The largest absolute Gasteiger partial charge is 0.460 e. The van der Waals surface area contributed by atoms with E-state index < -0.39 is 46.1 Å². The Morgan fingerprint density at radius 1 is 1.00 bits per heavy atom. The van der Waals surface area contributed by atoms with Gasteiger partial charge < -0.3 is 44.6 Å². The van der Waals surface area contributed by atoms with Gasteiger partial charge in [0.1, 0.15) is 11.5 Å². The average molecular weight is 915 g/mol. The number of aliphatic hydroxyl groups is 2. The topological polar surface area (TPSA) is 195 Å². The van der Waals surface area contributed by atoms with Crippen molar-refractivity contribution in [3.05, 3.63) is 108 Å². The summed E-state index contributed by atoms with van der Waals surface area (Å²) in [5.74, 6) is -2.45. The minimum Gasteiger partial charge on any atom is -0.460 e. The molecule has 7 unspecified atom stereocenters. The molecule has 15 nitrogen and oxygen atoms in total. The molecule has 2 aliphatic carbocycles. The maximum atomic E-state index is 14.9. The molecule has 3 aromatic rings. The van der Waals surface area contributed by atoms with Crippen LogP contribution in [0.3, 0.4) is 0 Å². The van der Waals surface area contributed by atoms with Crippen LogP contribution in [0.4, 0.5) is 10.5 Å². The zero-order valence-corrected chi connectivity index (χ0v) is 38.0. The van der Waals surface area contributed by atoms with E-state index in [-0.39, 0.29) is 55.4 Å². The van der Waals surface area contributed by atoms with Gasteiger partial charge in [-0.15, -0.1) is 6.58 Å². The van der Waals surface area contributed by atoms with Crippen molar-refractivity contribution in [3.8, 4) is 11.5 Å². The number of nitrogens with one attached hydrogen (secondary N) is 2. The minimum absolute atomic E-state index is 0.00535. The lowest BCUT2D eigenvalue weighted by atomic mass is 9.55. The van der Waals surface area contributed by atoms with Gasteiger partial charge in [-0.3, -0.25) is 4.79 Å². The number of hydrogen-bond acceptors (Lipinski definition) is 12. The molecule has 3 aromatic carbocycles. The van der Waals surface area contributed by atoms with Gasteiger partial charge in [0.2, 0.25) is 28.0 Å². The summed E-state index contributed by atoms with van der Waals surface area (Å²) in [6.07, 6.45) is 9.17. The van der Waals surface area contributed by atoms with Crippen LogP contribution in [0.15, 0.2) is 107 Å². The fourth-order valence-corrected chi connectivity index (χ4v) is 11.2. The van der Waals surface area contributed by atoms with Crippen molar-refractivity contribution >= 4 is 33.4 Å². The van der Waals surface area contributed by atoms with Crippen molar-refractivity contribution < 1.29 is 52.0 Å². The quantitative estimate of drug-likeness (QED) is 0.0501. The zero-order chi connectivity index (χ0) is 46.0. The molecule has 2 fully saturated rings. The molecular formula is C49H62N4O11S. The SMILES string of the molecule is C=CCOC12Oc3ccc(OC(=O)NCc4ccccc4)cc3C3C(CCCCO)C(CCCCO)C=C(C(=NOC4CCCCO4)CC1N(C)S(=O)(=O)c1ccc(NC(C)=O)cc1)C32. The van der Waals surface area contributed by atoms with Crippen molar-refractivity contribution in [1.82, 2.24) is 9.62 Å². The molecule has 0 radical (unpaired) electrons. The first-order valence-corrected chi connectivity index (χ1v) is 24.1. The summed E-state index contributed by atoms with van der Waals surface area (Å²) >= 11 is 0. The molecule has 2 aliphatic heterocycles. The number of hydrogen-bond donors (Lipinski definition) is 4. The molecule has 7 rings (SSSR count). The highest BCUT2D eigenvalue weighted by atomic mass is 32.2. The third kappa shape index (κ3) is 11.0. The van der Waals surface area contributed by atoms with Crippen LogP contribution in [0.25, 0.3) is 0 Å². The van der Waals surface area contributed by atoms with Crippen LogP contribution in [0.1, 0.15) is 88.2 Å². The minimum atomic E-state index is -4.28. The number of benzene rings is 3. The molecule has 1 saturated heterocycles. The third-order valence-corrected chi connectivity index (χ3v) is 14.7. The van der Waals surface area contributed by atoms with Crippen molar-refractivity contribution in [2.45, 2.75) is 107 Å². The van der Waals surface area contributed by atoms with E-state index in [0.717, 1.165) is 42.4 Å². The van der Waals surface area contributed by atoms with Gasteiger partial charge in [-0.2, -0.15) is 4.31 Å². The predicted molar refractivity (Wildman–Crippen MR) is 245 cm³/mol. The van der Waals surface area contributed by atoms with Crippen molar-refractivity contribution in [2.24, 2.45) is 22.9 Å². The van der Waals surface area contributed by atoms with Gasteiger partial charge in [0, 0.05) is 63.7 Å². The smallest absolute Gasteiger partial charge is 0.412 e. The van der Waals surface area contributed by atoms with Gasteiger partial charge in [0.15, 0.2) is 0 Å². The fraction of sp³-hybridized carbons (Fsp3) is 0.490. The van der Waals surface area contributed by atoms with Gasteiger partial charge in [0.25, 0.3) is 0 Å². The molecule has 4 aliphatic rings. The first-order chi connectivity index (χ1) is 31.5. The number of fused-ring (bicyclic) bond motifs is 2. The predicted octanol–water partition coefficient (Wildman–Crippen LogP) is 7.41. The molecule has 0 spiro atoms. The summed E-state index contributed by atoms with van der Waals surface area (Å²) in [6, 6.07) is 19.7. The maximum absolute atomic E-state index is 14.9. The van der Waals surface area contributed by atoms with E-state index in [4.69, 9.17) is 28.9 Å². The Bertz CT molecular complexity index is 2280. The summed E-state index contributed by atoms with van der Waals surface area (Å²) in [5.41, 5.74) is 3.44. The molecule has 4 N–H and O–H groups in total. The standard InChI is InChI=1S/C49H62N4O11S/c1-4-27-61-49-44(53(3)65(58,59)38-22-19-36(20-23-38)51-33(2)56)31-42(52-64-45-18-10-13-28-60-45)40-29-35(16-8-11-25-54)39(17-9-12-26-55)46(47(40)49)41-30-37(21-24-43(41)63-49)62-48(57)50-32-34-14-6-5-7-15-34/h4-7,14-15,19-24,29-30,35,39,44-47,54-55H,1,8-13,16-18,25-28,31-32H2,2-3H3,(H,50,57)(H,51,56). The van der Waals surface area contributed by atoms with Gasteiger partial charge in [-0.25, -0.2) is 13.2 Å². The van der Waals surface area contributed by atoms with E-state index in [1.54, 1.807) is 30.3 Å². The Balaban J connectivity index is 1.38. The number of carbonyl (C=O) groups is 2. The molecule has 65 heavy (non-hydrogen) atoms. The van der Waals surface area contributed by atoms with Crippen LogP contribution >= 0.6 is 0 Å². The lowest BCUT2D eigenvalue weighted by Crippen LogP contribution is -2.69. The number of ether oxygens (including phenoxy) is 4. The Morgan fingerprint density at radius 3 is 2.45 bits per heavy atom. The Morgan fingerprint density at radius 2 is 1.75 bits per heavy atom. The fourth-order valence-electron chi connectivity index (χ4n) is 9.84. The number of carbonyl (C=O) groups excluding carboxylic acids is 2. The number of likely N-dealkylation sites (N-methyl/N-ethyl adjacent to an activating group) is 1. The summed E-state index contributed by atoms with van der Waals surface area (Å²) in [5, 5.41) is 30.2. The molecule has 7 atom stereocenters. The Hall–Kier alpha value is -5.10. The molecular weight excluding hydrogens is 853 g/mol. The number of allylic oxidation sites excluding steroid dienone is 1. The zero-order valence-electron chi connectivity index (χ0n) is 37.2. The number of amides is 2. The summed E-state index contributed by atoms with van der Waals surface area (Å²) < 4.78 is 57.1. The van der Waals surface area contributed by atoms with Crippen LogP contribution in [0, 0.1) is 17.8 Å². The van der Waals surface area contributed by atoms with E-state index >= 15 is 0 Å². The number of anilines is 1. The van der Waals surface area contributed by atoms with Crippen molar-refractivity contribution in [2.75, 3.05) is 38.8 Å². The van der Waals surface area contributed by atoms with E-state index in [0.29, 0.717) is 61.6 Å². The van der Waals surface area contributed by atoms with Crippen molar-refractivity contribution in [1.29, 1.82) is 0 Å². The van der Waals surface area contributed by atoms with E-state index in [2.05, 4.69) is 23.3 Å². The van der Waals surface area contributed by atoms with Crippen LogP contribution in [0.2, 0.25) is 0 Å². The van der Waals surface area contributed by atoms with Gasteiger partial charge in [0.05, 0.1) is 35.8 Å². The molecule has 2 heterocycles. The van der Waals surface area contributed by atoms with E-state index in [1.807, 2.05) is 36.4 Å². The van der Waals surface area contributed by atoms with Gasteiger partial charge in [-0.05, 0) is 104 Å². The Labute approximate surface area is 381 Å². The van der Waals surface area contributed by atoms with E-state index in [1.165, 1.54) is 30.4 Å². The van der Waals surface area contributed by atoms with E-state index in [9.17, 15) is 28.2 Å². The highest BCUT2D eigenvalue weighted by Gasteiger charge is 2.65. The molecule has 1 saturated carbocycles. The summed E-state index contributed by atoms with van der Waals surface area (Å²) in [4.78, 5) is 31.2. The van der Waals surface area contributed by atoms with Crippen LogP contribution in [0.5, 0.6) is 11.5 Å². The first-order valence-electron chi connectivity index (χ1n) is 22.7. The second-order valence-electron chi connectivity index (χ2n) is 17.1. The maximum Gasteiger partial charge on any atom is 0.412 e. The summed E-state index contributed by atoms with van der Waals surface area (Å²) in [7, 11) is -2.77. The number of unbranched alkanes of at least 4 members (excludes halogenated alkanes) is 2. The highest BCUT2D eigenvalue weighted by Crippen LogP contribution is 2.62. The summed E-state index contributed by atoms with van der Waals surface area (Å²) in [6.45, 7) is 6.23. The van der Waals surface area contributed by atoms with Gasteiger partial charge in [-0.1, -0.05) is 60.5 Å². The highest BCUT2D eigenvalue weighted by molar-refractivity contribution is 7.89. The Kier molecular flexibility index (Phi) is 16.1. The molecule has 0 aromatic heterocycles. The molecule has 350 valence electrons. The lowest BCUT2D eigenvalue weighted by molar-refractivity contribution is -0.250. The molecule has 0 bridgehead atoms. The molecule has 16 heteroatoms.